The minimum absolute atomic E-state index is 0.00165. The van der Waals surface area contributed by atoms with E-state index in [1.165, 1.54) is 6.26 Å². The zero-order chi connectivity index (χ0) is 25.3. The van der Waals surface area contributed by atoms with Gasteiger partial charge in [0.25, 0.3) is 11.8 Å². The fourth-order valence-corrected chi connectivity index (χ4v) is 3.57. The maximum absolute atomic E-state index is 12.8. The van der Waals surface area contributed by atoms with Gasteiger partial charge in [-0.1, -0.05) is 42.5 Å². The van der Waals surface area contributed by atoms with Crippen molar-refractivity contribution in [3.63, 3.8) is 0 Å². The maximum Gasteiger partial charge on any atom is 0.291 e. The van der Waals surface area contributed by atoms with Gasteiger partial charge in [-0.3, -0.25) is 14.4 Å². The van der Waals surface area contributed by atoms with Crippen LogP contribution >= 0.6 is 0 Å². The van der Waals surface area contributed by atoms with Crippen LogP contribution in [0.4, 0.5) is 17.1 Å². The fourth-order valence-electron chi connectivity index (χ4n) is 3.57. The molecule has 0 radical (unpaired) electrons. The number of nitrogens with one attached hydrogen (secondary N) is 3. The standard InChI is InChI=1S/C28H26N4O4/c1-32(19-20-8-3-2-4-9-20)28(35)21-10-5-12-23(16-21)30-26(33)18-29-22-11-6-13-24(17-22)31-27(34)25-14-7-15-36-25/h2-17,29H,18-19H2,1H3,(H,30,33)(H,31,34). The van der Waals surface area contributed by atoms with E-state index < -0.39 is 0 Å². The largest absolute Gasteiger partial charge is 0.459 e. The number of hydrogen-bond acceptors (Lipinski definition) is 5. The van der Waals surface area contributed by atoms with Crippen molar-refractivity contribution in [3.8, 4) is 0 Å². The molecular formula is C28H26N4O4. The molecule has 0 aliphatic rings. The minimum atomic E-state index is -0.362. The molecule has 3 aromatic carbocycles. The molecule has 0 saturated heterocycles. The van der Waals surface area contributed by atoms with Gasteiger partial charge in [-0.05, 0) is 54.1 Å². The quantitative estimate of drug-likeness (QED) is 0.316. The number of furan rings is 1. The highest BCUT2D eigenvalue weighted by Crippen LogP contribution is 2.17. The number of carbonyl (C=O) groups is 3. The molecule has 1 aromatic heterocycles. The van der Waals surface area contributed by atoms with Gasteiger partial charge in [0.15, 0.2) is 5.76 Å². The predicted molar refractivity (Wildman–Crippen MR) is 139 cm³/mol. The molecule has 0 saturated carbocycles. The van der Waals surface area contributed by atoms with Crippen molar-refractivity contribution in [1.29, 1.82) is 0 Å². The fraction of sp³-hybridized carbons (Fsp3) is 0.107. The van der Waals surface area contributed by atoms with Crippen molar-refractivity contribution in [2.45, 2.75) is 6.54 Å². The van der Waals surface area contributed by atoms with Crippen molar-refractivity contribution in [2.24, 2.45) is 0 Å². The first-order valence-corrected chi connectivity index (χ1v) is 11.4. The first-order chi connectivity index (χ1) is 17.5. The monoisotopic (exact) mass is 482 g/mol. The van der Waals surface area contributed by atoms with E-state index in [9.17, 15) is 14.4 Å². The number of carbonyl (C=O) groups excluding carboxylic acids is 3. The van der Waals surface area contributed by atoms with Crippen molar-refractivity contribution in [1.82, 2.24) is 4.90 Å². The Morgan fingerprint density at radius 3 is 2.25 bits per heavy atom. The molecule has 3 amide bonds. The molecule has 0 atom stereocenters. The second kappa shape index (κ2) is 11.5. The van der Waals surface area contributed by atoms with Crippen molar-refractivity contribution >= 4 is 34.8 Å². The summed E-state index contributed by atoms with van der Waals surface area (Å²) in [6.07, 6.45) is 1.43. The summed E-state index contributed by atoms with van der Waals surface area (Å²) < 4.78 is 5.09. The van der Waals surface area contributed by atoms with E-state index in [-0.39, 0.29) is 30.0 Å². The Morgan fingerprint density at radius 2 is 1.50 bits per heavy atom. The number of amides is 3. The lowest BCUT2D eigenvalue weighted by Crippen LogP contribution is -2.26. The Labute approximate surface area is 208 Å². The van der Waals surface area contributed by atoms with Gasteiger partial charge in [-0.2, -0.15) is 0 Å². The van der Waals surface area contributed by atoms with E-state index in [1.54, 1.807) is 72.6 Å². The molecule has 8 heteroatoms. The number of benzene rings is 3. The van der Waals surface area contributed by atoms with Crippen LogP contribution in [0.5, 0.6) is 0 Å². The lowest BCUT2D eigenvalue weighted by molar-refractivity contribution is -0.114. The molecule has 8 nitrogen and oxygen atoms in total. The number of rotatable bonds is 9. The van der Waals surface area contributed by atoms with Crippen LogP contribution in [0.3, 0.4) is 0 Å². The summed E-state index contributed by atoms with van der Waals surface area (Å²) in [6.45, 7) is 0.489. The van der Waals surface area contributed by atoms with Gasteiger partial charge in [0, 0.05) is 36.2 Å². The third-order valence-corrected chi connectivity index (χ3v) is 5.32. The van der Waals surface area contributed by atoms with Gasteiger partial charge in [-0.15, -0.1) is 0 Å². The van der Waals surface area contributed by atoms with E-state index in [0.29, 0.717) is 29.2 Å². The second-order valence-electron chi connectivity index (χ2n) is 8.14. The molecule has 0 unspecified atom stereocenters. The summed E-state index contributed by atoms with van der Waals surface area (Å²) in [5.41, 5.74) is 3.27. The highest BCUT2D eigenvalue weighted by molar-refractivity contribution is 6.02. The average Bonchev–Trinajstić information content (AvgIpc) is 3.43. The molecule has 4 aromatic rings. The van der Waals surface area contributed by atoms with Crippen molar-refractivity contribution in [3.05, 3.63) is 114 Å². The Kier molecular flexibility index (Phi) is 7.77. The van der Waals surface area contributed by atoms with Gasteiger partial charge in [-0.25, -0.2) is 0 Å². The Bertz CT molecular complexity index is 1340. The first kappa shape index (κ1) is 24.3. The van der Waals surface area contributed by atoms with Gasteiger partial charge in [0.05, 0.1) is 12.8 Å². The first-order valence-electron chi connectivity index (χ1n) is 11.4. The SMILES string of the molecule is CN(Cc1ccccc1)C(=O)c1cccc(NC(=O)CNc2cccc(NC(=O)c3ccco3)c2)c1. The Balaban J connectivity index is 1.30. The molecule has 4 rings (SSSR count). The van der Waals surface area contributed by atoms with Crippen LogP contribution in [0.2, 0.25) is 0 Å². The summed E-state index contributed by atoms with van der Waals surface area (Å²) in [4.78, 5) is 39.1. The summed E-state index contributed by atoms with van der Waals surface area (Å²) in [5.74, 6) is -0.567. The van der Waals surface area contributed by atoms with Gasteiger partial charge < -0.3 is 25.3 Å². The molecule has 0 aliphatic carbocycles. The van der Waals surface area contributed by atoms with Crippen LogP contribution in [-0.2, 0) is 11.3 Å². The number of nitrogens with zero attached hydrogens (tertiary/aromatic N) is 1. The summed E-state index contributed by atoms with van der Waals surface area (Å²) >= 11 is 0. The smallest absolute Gasteiger partial charge is 0.291 e. The Hall–Kier alpha value is -4.85. The molecule has 0 aliphatic heterocycles. The molecule has 1 heterocycles. The van der Waals surface area contributed by atoms with Gasteiger partial charge in [0.1, 0.15) is 0 Å². The molecule has 182 valence electrons. The van der Waals surface area contributed by atoms with E-state index in [0.717, 1.165) is 5.56 Å². The van der Waals surface area contributed by atoms with Gasteiger partial charge >= 0.3 is 0 Å². The van der Waals surface area contributed by atoms with E-state index in [2.05, 4.69) is 16.0 Å². The molecule has 36 heavy (non-hydrogen) atoms. The lowest BCUT2D eigenvalue weighted by Gasteiger charge is -2.18. The number of anilines is 3. The zero-order valence-corrected chi connectivity index (χ0v) is 19.7. The van der Waals surface area contributed by atoms with Crippen molar-refractivity contribution < 1.29 is 18.8 Å². The zero-order valence-electron chi connectivity index (χ0n) is 19.7. The summed E-state index contributed by atoms with van der Waals surface area (Å²) in [5, 5.41) is 8.59. The topological polar surface area (TPSA) is 104 Å². The lowest BCUT2D eigenvalue weighted by atomic mass is 10.1. The van der Waals surface area contributed by atoms with E-state index >= 15 is 0 Å². The predicted octanol–water partition coefficient (Wildman–Crippen LogP) is 4.85. The highest BCUT2D eigenvalue weighted by Gasteiger charge is 2.13. The molecule has 0 spiro atoms. The van der Waals surface area contributed by atoms with Crippen LogP contribution in [0.15, 0.2) is 102 Å². The highest BCUT2D eigenvalue weighted by atomic mass is 16.3. The van der Waals surface area contributed by atoms with Gasteiger partial charge in [0.2, 0.25) is 5.91 Å². The van der Waals surface area contributed by atoms with Crippen LogP contribution in [-0.4, -0.2) is 36.2 Å². The normalized spacial score (nSPS) is 10.4. The second-order valence-corrected chi connectivity index (χ2v) is 8.14. The van der Waals surface area contributed by atoms with Crippen LogP contribution in [0.1, 0.15) is 26.5 Å². The molecule has 0 fully saturated rings. The summed E-state index contributed by atoms with van der Waals surface area (Å²) in [7, 11) is 1.75. The Morgan fingerprint density at radius 1 is 0.778 bits per heavy atom. The van der Waals surface area contributed by atoms with Crippen molar-refractivity contribution in [2.75, 3.05) is 29.5 Å². The van der Waals surface area contributed by atoms with E-state index in [4.69, 9.17) is 4.42 Å². The van der Waals surface area contributed by atoms with Crippen LogP contribution < -0.4 is 16.0 Å². The van der Waals surface area contributed by atoms with Crippen LogP contribution in [0.25, 0.3) is 0 Å². The molecule has 3 N–H and O–H groups in total. The summed E-state index contributed by atoms with van der Waals surface area (Å²) in [6, 6.07) is 26.8. The van der Waals surface area contributed by atoms with Crippen LogP contribution in [0, 0.1) is 0 Å². The average molecular weight is 483 g/mol. The minimum Gasteiger partial charge on any atom is -0.459 e. The maximum atomic E-state index is 12.8. The molecule has 0 bridgehead atoms. The molecular weight excluding hydrogens is 456 g/mol. The van der Waals surface area contributed by atoms with E-state index in [1.807, 2.05) is 30.3 Å². The number of hydrogen-bond donors (Lipinski definition) is 3. The third-order valence-electron chi connectivity index (χ3n) is 5.32. The third kappa shape index (κ3) is 6.60.